The molecule has 3 saturated heterocycles. The van der Waals surface area contributed by atoms with E-state index in [-0.39, 0.29) is 17.7 Å². The number of amides is 1. The summed E-state index contributed by atoms with van der Waals surface area (Å²) in [6.45, 7) is 4.69. The number of Topliss-reactive ketones (excluding diaryl/α,β-unsaturated/α-hetero) is 1. The Hall–Kier alpha value is -2.32. The van der Waals surface area contributed by atoms with Crippen LogP contribution in [0.15, 0.2) is 24.3 Å². The predicted octanol–water partition coefficient (Wildman–Crippen LogP) is 2.36. The highest BCUT2D eigenvalue weighted by Gasteiger charge is 2.34. The Morgan fingerprint density at radius 2 is 1.92 bits per heavy atom. The van der Waals surface area contributed by atoms with Crippen LogP contribution in [0.2, 0.25) is 0 Å². The molecule has 0 aliphatic carbocycles. The van der Waals surface area contributed by atoms with Crippen molar-refractivity contribution < 1.29 is 14.3 Å². The van der Waals surface area contributed by atoms with Crippen LogP contribution in [0, 0.1) is 5.92 Å². The van der Waals surface area contributed by atoms with E-state index in [0.29, 0.717) is 27.4 Å². The van der Waals surface area contributed by atoms with Crippen molar-refractivity contribution in [3.05, 3.63) is 34.8 Å². The van der Waals surface area contributed by atoms with Gasteiger partial charge >= 0.3 is 0 Å². The van der Waals surface area contributed by atoms with Crippen LogP contribution < -0.4 is 10.1 Å². The first kappa shape index (κ1) is 17.1. The number of nitrogens with one attached hydrogen (secondary N) is 1. The van der Waals surface area contributed by atoms with Gasteiger partial charge in [-0.25, -0.2) is 0 Å². The maximum absolute atomic E-state index is 12.5. The molecule has 0 saturated carbocycles. The van der Waals surface area contributed by atoms with Crippen LogP contribution in [0.4, 0.5) is 0 Å². The number of rotatable bonds is 5. The standard InChI is InChI=1S/C18H20N4O3S/c1-11(23)17-20-21-18(26-17)25-14-4-2-13(3-5-14)16(24)19-15-10-22-8-6-12(15)7-9-22/h2-5,12,15H,6-10H2,1H3,(H,19,24)/t15-/m0/s1. The van der Waals surface area contributed by atoms with Gasteiger partial charge in [0, 0.05) is 25.1 Å². The summed E-state index contributed by atoms with van der Waals surface area (Å²) in [6.07, 6.45) is 2.34. The van der Waals surface area contributed by atoms with Gasteiger partial charge < -0.3 is 15.0 Å². The van der Waals surface area contributed by atoms with Crippen LogP contribution in [0.3, 0.4) is 0 Å². The largest absolute Gasteiger partial charge is 0.430 e. The summed E-state index contributed by atoms with van der Waals surface area (Å²) in [5.41, 5.74) is 0.607. The molecule has 1 aromatic heterocycles. The van der Waals surface area contributed by atoms with Gasteiger partial charge in [-0.2, -0.15) is 0 Å². The number of piperidine rings is 3. The van der Waals surface area contributed by atoms with E-state index in [4.69, 9.17) is 4.74 Å². The van der Waals surface area contributed by atoms with Crippen molar-refractivity contribution in [2.24, 2.45) is 5.92 Å². The van der Waals surface area contributed by atoms with Crippen LogP contribution in [0.1, 0.15) is 39.9 Å². The SMILES string of the molecule is CC(=O)c1nnc(Oc2ccc(C(=O)N[C@H]3CN4CCC3CC4)cc2)s1. The molecular weight excluding hydrogens is 352 g/mol. The second-order valence-electron chi connectivity index (χ2n) is 6.77. The van der Waals surface area contributed by atoms with E-state index in [9.17, 15) is 9.59 Å². The number of ketones is 1. The van der Waals surface area contributed by atoms with E-state index < -0.39 is 0 Å². The van der Waals surface area contributed by atoms with Gasteiger partial charge in [-0.1, -0.05) is 16.4 Å². The Bertz CT molecular complexity index is 812. The maximum Gasteiger partial charge on any atom is 0.299 e. The first-order chi connectivity index (χ1) is 12.6. The van der Waals surface area contributed by atoms with Crippen molar-refractivity contribution in [1.29, 1.82) is 0 Å². The third kappa shape index (κ3) is 3.61. The van der Waals surface area contributed by atoms with Gasteiger partial charge in [0.2, 0.25) is 0 Å². The highest BCUT2D eigenvalue weighted by molar-refractivity contribution is 7.15. The molecule has 26 heavy (non-hydrogen) atoms. The second-order valence-corrected chi connectivity index (χ2v) is 7.71. The molecule has 0 unspecified atom stereocenters. The van der Waals surface area contributed by atoms with Crippen LogP contribution in [-0.2, 0) is 0 Å². The smallest absolute Gasteiger partial charge is 0.299 e. The minimum absolute atomic E-state index is 0.0509. The number of hydrogen-bond acceptors (Lipinski definition) is 7. The monoisotopic (exact) mass is 372 g/mol. The number of carbonyl (C=O) groups is 2. The lowest BCUT2D eigenvalue weighted by atomic mass is 9.84. The van der Waals surface area contributed by atoms with Gasteiger partial charge in [0.25, 0.3) is 11.1 Å². The number of benzene rings is 1. The van der Waals surface area contributed by atoms with Gasteiger partial charge in [0.1, 0.15) is 5.75 Å². The van der Waals surface area contributed by atoms with Gasteiger partial charge in [0.05, 0.1) is 0 Å². The molecule has 0 spiro atoms. The summed E-state index contributed by atoms with van der Waals surface area (Å²) in [5.74, 6) is 0.956. The van der Waals surface area contributed by atoms with Crippen molar-refractivity contribution in [3.63, 3.8) is 0 Å². The number of nitrogens with zero attached hydrogens (tertiary/aromatic N) is 3. The zero-order valence-electron chi connectivity index (χ0n) is 14.5. The highest BCUT2D eigenvalue weighted by Crippen LogP contribution is 2.28. The summed E-state index contributed by atoms with van der Waals surface area (Å²) in [6, 6.07) is 7.16. The minimum Gasteiger partial charge on any atom is -0.430 e. The normalized spacial score (nSPS) is 24.3. The van der Waals surface area contributed by atoms with E-state index in [1.807, 2.05) is 0 Å². The fourth-order valence-electron chi connectivity index (χ4n) is 3.55. The topological polar surface area (TPSA) is 84.4 Å². The van der Waals surface area contributed by atoms with E-state index >= 15 is 0 Å². The lowest BCUT2D eigenvalue weighted by Gasteiger charge is -2.44. The first-order valence-corrected chi connectivity index (χ1v) is 9.56. The summed E-state index contributed by atoms with van der Waals surface area (Å²) < 4.78 is 5.59. The van der Waals surface area contributed by atoms with Gasteiger partial charge in [0.15, 0.2) is 10.8 Å². The molecule has 1 N–H and O–H groups in total. The number of hydrogen-bond donors (Lipinski definition) is 1. The van der Waals surface area contributed by atoms with Crippen LogP contribution in [-0.4, -0.2) is 52.5 Å². The average Bonchev–Trinajstić information content (AvgIpc) is 3.12. The molecule has 3 aliphatic rings. The third-order valence-corrected chi connectivity index (χ3v) is 5.90. The van der Waals surface area contributed by atoms with Crippen molar-refractivity contribution in [2.45, 2.75) is 25.8 Å². The fraction of sp³-hybridized carbons (Fsp3) is 0.444. The van der Waals surface area contributed by atoms with Crippen LogP contribution in [0.5, 0.6) is 10.9 Å². The molecule has 8 heteroatoms. The molecule has 3 fully saturated rings. The maximum atomic E-state index is 12.5. The molecule has 1 aromatic carbocycles. The van der Waals surface area contributed by atoms with Crippen LogP contribution >= 0.6 is 11.3 Å². The molecule has 0 radical (unpaired) electrons. The summed E-state index contributed by atoms with van der Waals surface area (Å²) in [4.78, 5) is 26.2. The van der Waals surface area contributed by atoms with Gasteiger partial charge in [-0.05, 0) is 56.1 Å². The summed E-state index contributed by atoms with van der Waals surface area (Å²) in [5, 5.41) is 11.4. The molecular formula is C18H20N4O3S. The summed E-state index contributed by atoms with van der Waals surface area (Å²) >= 11 is 1.10. The average molecular weight is 372 g/mol. The zero-order chi connectivity index (χ0) is 18.1. The molecule has 7 nitrogen and oxygen atoms in total. The Morgan fingerprint density at radius 1 is 1.19 bits per heavy atom. The number of ether oxygens (including phenoxy) is 1. The Morgan fingerprint density at radius 3 is 2.50 bits per heavy atom. The second kappa shape index (κ2) is 7.13. The van der Waals surface area contributed by atoms with E-state index in [0.717, 1.165) is 31.0 Å². The molecule has 2 aromatic rings. The molecule has 5 rings (SSSR count). The predicted molar refractivity (Wildman–Crippen MR) is 96.8 cm³/mol. The molecule has 1 amide bonds. The highest BCUT2D eigenvalue weighted by atomic mass is 32.1. The van der Waals surface area contributed by atoms with E-state index in [2.05, 4.69) is 20.4 Å². The van der Waals surface area contributed by atoms with Crippen molar-refractivity contribution >= 4 is 23.0 Å². The first-order valence-electron chi connectivity index (χ1n) is 8.74. The Kier molecular flexibility index (Phi) is 4.69. The van der Waals surface area contributed by atoms with Crippen molar-refractivity contribution in [3.8, 4) is 10.9 Å². The lowest BCUT2D eigenvalue weighted by molar-refractivity contribution is 0.0620. The van der Waals surface area contributed by atoms with Crippen molar-refractivity contribution in [1.82, 2.24) is 20.4 Å². The third-order valence-electron chi connectivity index (χ3n) is 5.00. The van der Waals surface area contributed by atoms with Gasteiger partial charge in [-0.3, -0.25) is 9.59 Å². The van der Waals surface area contributed by atoms with Crippen molar-refractivity contribution in [2.75, 3.05) is 19.6 Å². The minimum atomic E-state index is -0.142. The quantitative estimate of drug-likeness (QED) is 0.811. The number of carbonyl (C=O) groups excluding carboxylic acids is 2. The van der Waals surface area contributed by atoms with E-state index in [1.54, 1.807) is 24.3 Å². The Balaban J connectivity index is 1.37. The van der Waals surface area contributed by atoms with Crippen LogP contribution in [0.25, 0.3) is 0 Å². The molecule has 2 bridgehead atoms. The molecule has 3 aliphatic heterocycles. The molecule has 136 valence electrons. The van der Waals surface area contributed by atoms with E-state index in [1.165, 1.54) is 19.8 Å². The van der Waals surface area contributed by atoms with Gasteiger partial charge in [-0.15, -0.1) is 5.10 Å². The fourth-order valence-corrected chi connectivity index (χ4v) is 4.16. The molecule has 4 heterocycles. The number of fused-ring (bicyclic) bond motifs is 3. The summed E-state index contributed by atoms with van der Waals surface area (Å²) in [7, 11) is 0. The zero-order valence-corrected chi connectivity index (χ0v) is 15.3. The molecule has 1 atom stereocenters. The number of aromatic nitrogens is 2. The lowest BCUT2D eigenvalue weighted by Crippen LogP contribution is -2.57. The Labute approximate surface area is 155 Å².